The number of aliphatic hydroxyl groups excluding tert-OH is 1. The molecule has 1 rings (SSSR count). The van der Waals surface area contributed by atoms with Crippen LogP contribution in [0, 0.1) is 0 Å². The third-order valence-corrected chi connectivity index (χ3v) is 4.33. The second-order valence-corrected chi connectivity index (χ2v) is 6.88. The molecule has 1 aromatic rings. The lowest BCUT2D eigenvalue weighted by molar-refractivity contribution is -0.131. The van der Waals surface area contributed by atoms with Gasteiger partial charge in [0.15, 0.2) is 0 Å². The van der Waals surface area contributed by atoms with E-state index in [-0.39, 0.29) is 0 Å². The van der Waals surface area contributed by atoms with Crippen molar-refractivity contribution in [1.29, 1.82) is 0 Å². The second-order valence-electron chi connectivity index (χ2n) is 5.48. The molecule has 7 nitrogen and oxygen atoms in total. The van der Waals surface area contributed by atoms with Crippen LogP contribution in [0.2, 0.25) is 0 Å². The normalized spacial score (nSPS) is 13.0. The lowest BCUT2D eigenvalue weighted by Crippen LogP contribution is -2.52. The Labute approximate surface area is 146 Å². The molecule has 5 N–H and O–H groups in total. The summed E-state index contributed by atoms with van der Waals surface area (Å²) < 4.78 is 0. The molecule has 0 spiro atoms. The standard InChI is InChI=1S/C16H26N4O3S/c1-4-24-9-8-13(17)14(21)16(23)19-18-15(22)11-6-5-7-12(10-11)20(2)3/h5-7,10,13-14,21H,4,8-9,17H2,1-3H3,(H,18,22)(H,19,23)/t13-,14?/m1/s1. The highest BCUT2D eigenvalue weighted by Crippen LogP contribution is 2.13. The number of benzene rings is 1. The first kappa shape index (κ1) is 20.3. The van der Waals surface area contributed by atoms with Crippen molar-refractivity contribution >= 4 is 29.3 Å². The van der Waals surface area contributed by atoms with Crippen LogP contribution in [-0.4, -0.2) is 54.7 Å². The maximum atomic E-state index is 12.1. The van der Waals surface area contributed by atoms with Gasteiger partial charge >= 0.3 is 0 Å². The van der Waals surface area contributed by atoms with Crippen LogP contribution in [0.4, 0.5) is 5.69 Å². The van der Waals surface area contributed by atoms with Crippen molar-refractivity contribution in [3.63, 3.8) is 0 Å². The number of carbonyl (C=O) groups is 2. The summed E-state index contributed by atoms with van der Waals surface area (Å²) in [4.78, 5) is 25.8. The average molecular weight is 354 g/mol. The maximum absolute atomic E-state index is 12.1. The highest BCUT2D eigenvalue weighted by atomic mass is 32.2. The molecule has 0 bridgehead atoms. The number of thioether (sulfide) groups is 1. The molecule has 0 aliphatic rings. The summed E-state index contributed by atoms with van der Waals surface area (Å²) in [6.45, 7) is 2.03. The Morgan fingerprint density at radius 2 is 2.04 bits per heavy atom. The zero-order chi connectivity index (χ0) is 18.1. The number of nitrogens with two attached hydrogens (primary N) is 1. The molecular weight excluding hydrogens is 328 g/mol. The number of rotatable bonds is 8. The summed E-state index contributed by atoms with van der Waals surface area (Å²) in [5.74, 6) is 0.540. The Hall–Kier alpha value is -1.77. The molecule has 0 saturated heterocycles. The molecule has 0 radical (unpaired) electrons. The number of hydrogen-bond donors (Lipinski definition) is 4. The molecule has 0 fully saturated rings. The first-order valence-corrected chi connectivity index (χ1v) is 8.91. The molecule has 2 atom stereocenters. The molecule has 2 amide bonds. The average Bonchev–Trinajstić information content (AvgIpc) is 2.58. The van der Waals surface area contributed by atoms with E-state index in [2.05, 4.69) is 10.9 Å². The molecule has 0 aromatic heterocycles. The van der Waals surface area contributed by atoms with Crippen molar-refractivity contribution in [3.05, 3.63) is 29.8 Å². The molecule has 24 heavy (non-hydrogen) atoms. The van der Waals surface area contributed by atoms with E-state index in [1.54, 1.807) is 30.0 Å². The van der Waals surface area contributed by atoms with Crippen LogP contribution in [0.25, 0.3) is 0 Å². The van der Waals surface area contributed by atoms with Crippen LogP contribution in [0.3, 0.4) is 0 Å². The zero-order valence-electron chi connectivity index (χ0n) is 14.3. The van der Waals surface area contributed by atoms with Crippen molar-refractivity contribution in [2.24, 2.45) is 5.73 Å². The van der Waals surface area contributed by atoms with E-state index in [0.29, 0.717) is 12.0 Å². The fraction of sp³-hybridized carbons (Fsp3) is 0.500. The topological polar surface area (TPSA) is 108 Å². The number of hydrogen-bond acceptors (Lipinski definition) is 6. The van der Waals surface area contributed by atoms with E-state index in [0.717, 1.165) is 17.2 Å². The van der Waals surface area contributed by atoms with Crippen LogP contribution < -0.4 is 21.5 Å². The Morgan fingerprint density at radius 3 is 2.67 bits per heavy atom. The largest absolute Gasteiger partial charge is 0.382 e. The third kappa shape index (κ3) is 6.38. The van der Waals surface area contributed by atoms with Crippen LogP contribution in [0.1, 0.15) is 23.7 Å². The first-order chi connectivity index (χ1) is 11.4. The van der Waals surface area contributed by atoms with Crippen LogP contribution in [-0.2, 0) is 4.79 Å². The summed E-state index contributed by atoms with van der Waals surface area (Å²) in [5.41, 5.74) is 11.6. The first-order valence-electron chi connectivity index (χ1n) is 7.75. The number of hydrazine groups is 1. The number of nitrogens with zero attached hydrogens (tertiary/aromatic N) is 1. The summed E-state index contributed by atoms with van der Waals surface area (Å²) in [6.07, 6.45) is -0.845. The van der Waals surface area contributed by atoms with E-state index in [1.165, 1.54) is 0 Å². The molecule has 134 valence electrons. The Kier molecular flexibility index (Phi) is 8.59. The highest BCUT2D eigenvalue weighted by Gasteiger charge is 2.23. The monoisotopic (exact) mass is 354 g/mol. The maximum Gasteiger partial charge on any atom is 0.269 e. The molecule has 0 saturated carbocycles. The van der Waals surface area contributed by atoms with Gasteiger partial charge in [-0.05, 0) is 36.1 Å². The van der Waals surface area contributed by atoms with E-state index >= 15 is 0 Å². The molecule has 1 unspecified atom stereocenters. The minimum absolute atomic E-state index is 0.402. The number of amides is 2. The van der Waals surface area contributed by atoms with E-state index < -0.39 is 24.0 Å². The minimum atomic E-state index is -1.36. The van der Waals surface area contributed by atoms with Gasteiger partial charge in [0.1, 0.15) is 6.10 Å². The number of carbonyl (C=O) groups excluding carboxylic acids is 2. The van der Waals surface area contributed by atoms with Crippen molar-refractivity contribution in [1.82, 2.24) is 10.9 Å². The molecule has 8 heteroatoms. The molecule has 1 aromatic carbocycles. The molecule has 0 heterocycles. The summed E-state index contributed by atoms with van der Waals surface area (Å²) >= 11 is 1.69. The van der Waals surface area contributed by atoms with Gasteiger partial charge in [0.25, 0.3) is 11.8 Å². The van der Waals surface area contributed by atoms with Gasteiger partial charge < -0.3 is 15.7 Å². The van der Waals surface area contributed by atoms with Crippen molar-refractivity contribution in [2.75, 3.05) is 30.5 Å². The van der Waals surface area contributed by atoms with Gasteiger partial charge in [-0.3, -0.25) is 20.4 Å². The summed E-state index contributed by atoms with van der Waals surface area (Å²) in [7, 11) is 3.74. The van der Waals surface area contributed by atoms with E-state index in [4.69, 9.17) is 5.73 Å². The zero-order valence-corrected chi connectivity index (χ0v) is 15.1. The third-order valence-electron chi connectivity index (χ3n) is 3.40. The van der Waals surface area contributed by atoms with Crippen LogP contribution >= 0.6 is 11.8 Å². The van der Waals surface area contributed by atoms with Gasteiger partial charge in [0.05, 0.1) is 0 Å². The van der Waals surface area contributed by atoms with Crippen molar-refractivity contribution in [3.8, 4) is 0 Å². The van der Waals surface area contributed by atoms with Gasteiger partial charge in [0, 0.05) is 31.4 Å². The summed E-state index contributed by atoms with van der Waals surface area (Å²) in [6, 6.07) is 6.29. The Balaban J connectivity index is 2.51. The lowest BCUT2D eigenvalue weighted by Gasteiger charge is -2.18. The number of anilines is 1. The van der Waals surface area contributed by atoms with E-state index in [1.807, 2.05) is 32.0 Å². The number of aliphatic hydroxyl groups is 1. The fourth-order valence-electron chi connectivity index (χ4n) is 1.91. The van der Waals surface area contributed by atoms with Gasteiger partial charge in [-0.25, -0.2) is 0 Å². The van der Waals surface area contributed by atoms with Gasteiger partial charge in [-0.1, -0.05) is 13.0 Å². The quantitative estimate of drug-likeness (QED) is 0.396. The smallest absolute Gasteiger partial charge is 0.269 e. The molecule has 0 aliphatic heterocycles. The van der Waals surface area contributed by atoms with Gasteiger partial charge in [-0.2, -0.15) is 11.8 Å². The Morgan fingerprint density at radius 1 is 1.33 bits per heavy atom. The van der Waals surface area contributed by atoms with Gasteiger partial charge in [-0.15, -0.1) is 0 Å². The predicted molar refractivity (Wildman–Crippen MR) is 98.0 cm³/mol. The summed E-state index contributed by atoms with van der Waals surface area (Å²) in [5, 5.41) is 9.88. The number of nitrogens with one attached hydrogen (secondary N) is 2. The lowest BCUT2D eigenvalue weighted by atomic mass is 10.1. The predicted octanol–water partition coefficient (Wildman–Crippen LogP) is 0.345. The molecular formula is C16H26N4O3S. The minimum Gasteiger partial charge on any atom is -0.382 e. The highest BCUT2D eigenvalue weighted by molar-refractivity contribution is 7.99. The van der Waals surface area contributed by atoms with Gasteiger partial charge in [0.2, 0.25) is 0 Å². The van der Waals surface area contributed by atoms with Crippen molar-refractivity contribution < 1.29 is 14.7 Å². The van der Waals surface area contributed by atoms with Crippen LogP contribution in [0.5, 0.6) is 0 Å². The van der Waals surface area contributed by atoms with Crippen LogP contribution in [0.15, 0.2) is 24.3 Å². The molecule has 0 aliphatic carbocycles. The van der Waals surface area contributed by atoms with E-state index in [9.17, 15) is 14.7 Å². The second kappa shape index (κ2) is 10.2. The van der Waals surface area contributed by atoms with Crippen molar-refractivity contribution in [2.45, 2.75) is 25.5 Å². The Bertz CT molecular complexity index is 554. The SMILES string of the molecule is CCSCC[C@@H](N)C(O)C(=O)NNC(=O)c1cccc(N(C)C)c1. The fourth-order valence-corrected chi connectivity index (χ4v) is 2.63.